The summed E-state index contributed by atoms with van der Waals surface area (Å²) in [5.74, 6) is 0.709. The summed E-state index contributed by atoms with van der Waals surface area (Å²) in [5.41, 5.74) is 7.14. The highest BCUT2D eigenvalue weighted by molar-refractivity contribution is 5.42. The number of hydrogen-bond acceptors (Lipinski definition) is 2. The third-order valence-electron chi connectivity index (χ3n) is 2.45. The molecule has 1 rings (SSSR count). The van der Waals surface area contributed by atoms with E-state index in [-0.39, 0.29) is 5.54 Å². The Morgan fingerprint density at radius 2 is 2.06 bits per heavy atom. The van der Waals surface area contributed by atoms with Crippen LogP contribution in [-0.4, -0.2) is 12.6 Å². The lowest BCUT2D eigenvalue weighted by Gasteiger charge is -2.23. The van der Waals surface area contributed by atoms with Crippen LogP contribution in [0.1, 0.15) is 38.1 Å². The molecule has 0 radical (unpaired) electrons. The first-order valence-corrected chi connectivity index (χ1v) is 5.44. The van der Waals surface area contributed by atoms with Crippen molar-refractivity contribution in [1.29, 1.82) is 0 Å². The Hall–Kier alpha value is -1.09. The van der Waals surface area contributed by atoms with Crippen LogP contribution in [0.2, 0.25) is 0 Å². The van der Waals surface area contributed by atoms with Crippen molar-refractivity contribution in [3.8, 4) is 5.75 Å². The van der Waals surface area contributed by atoms with Crippen LogP contribution in [0.5, 0.6) is 5.75 Å². The minimum absolute atomic E-state index is 0.377. The maximum Gasteiger partial charge on any atom is 0.123 e. The van der Waals surface area contributed by atoms with Crippen molar-refractivity contribution < 1.29 is 9.13 Å². The fourth-order valence-corrected chi connectivity index (χ4v) is 1.79. The second-order valence-corrected chi connectivity index (χ2v) is 4.81. The van der Waals surface area contributed by atoms with Gasteiger partial charge in [0.05, 0.1) is 7.11 Å². The first-order valence-electron chi connectivity index (χ1n) is 5.44. The Morgan fingerprint density at radius 1 is 1.44 bits per heavy atom. The van der Waals surface area contributed by atoms with E-state index in [4.69, 9.17) is 10.5 Å². The van der Waals surface area contributed by atoms with Crippen LogP contribution in [-0.2, 0) is 6.42 Å². The number of ether oxygens (including phenoxy) is 1. The number of benzene rings is 1. The molecule has 0 heterocycles. The molecular formula is C13H20FNO. The monoisotopic (exact) mass is 225 g/mol. The van der Waals surface area contributed by atoms with Crippen LogP contribution in [0.25, 0.3) is 0 Å². The Kier molecular flexibility index (Phi) is 3.92. The predicted octanol–water partition coefficient (Wildman–Crippen LogP) is 3.01. The van der Waals surface area contributed by atoms with Crippen molar-refractivity contribution in [3.05, 3.63) is 29.3 Å². The second-order valence-electron chi connectivity index (χ2n) is 4.81. The number of nitrogens with two attached hydrogens (primary N) is 1. The van der Waals surface area contributed by atoms with E-state index in [2.05, 4.69) is 0 Å². The standard InChI is InChI=1S/C13H20FNO/c1-9(14)10-6-5-7-12(16-4)11(10)8-13(2,3)15/h5-7,9H,8,15H2,1-4H3. The van der Waals surface area contributed by atoms with Gasteiger partial charge >= 0.3 is 0 Å². The summed E-state index contributed by atoms with van der Waals surface area (Å²) in [6.07, 6.45) is -0.409. The summed E-state index contributed by atoms with van der Waals surface area (Å²) in [7, 11) is 1.59. The molecule has 0 aliphatic carbocycles. The molecule has 1 unspecified atom stereocenters. The van der Waals surface area contributed by atoms with E-state index in [1.165, 1.54) is 6.92 Å². The number of halogens is 1. The van der Waals surface area contributed by atoms with E-state index >= 15 is 0 Å². The first-order chi connectivity index (χ1) is 7.35. The van der Waals surface area contributed by atoms with Gasteiger partial charge in [0.25, 0.3) is 0 Å². The van der Waals surface area contributed by atoms with E-state index in [0.29, 0.717) is 17.7 Å². The van der Waals surface area contributed by atoms with Crippen molar-refractivity contribution in [3.63, 3.8) is 0 Å². The quantitative estimate of drug-likeness (QED) is 0.855. The van der Waals surface area contributed by atoms with Crippen LogP contribution >= 0.6 is 0 Å². The molecular weight excluding hydrogens is 205 g/mol. The van der Waals surface area contributed by atoms with E-state index in [1.807, 2.05) is 19.9 Å². The Morgan fingerprint density at radius 3 is 2.50 bits per heavy atom. The van der Waals surface area contributed by atoms with Gasteiger partial charge in [-0.05, 0) is 38.8 Å². The molecule has 2 nitrogen and oxygen atoms in total. The molecule has 90 valence electrons. The summed E-state index contributed by atoms with van der Waals surface area (Å²) in [6, 6.07) is 5.43. The lowest BCUT2D eigenvalue weighted by atomic mass is 9.91. The zero-order chi connectivity index (χ0) is 12.3. The lowest BCUT2D eigenvalue weighted by molar-refractivity contribution is 0.360. The number of hydrogen-bond donors (Lipinski definition) is 1. The molecule has 0 spiro atoms. The normalized spacial score (nSPS) is 13.6. The fraction of sp³-hybridized carbons (Fsp3) is 0.538. The summed E-state index contributed by atoms with van der Waals surface area (Å²) in [5, 5.41) is 0. The van der Waals surface area contributed by atoms with Gasteiger partial charge in [0.1, 0.15) is 11.9 Å². The van der Waals surface area contributed by atoms with Crippen LogP contribution < -0.4 is 10.5 Å². The number of methoxy groups -OCH3 is 1. The van der Waals surface area contributed by atoms with Gasteiger partial charge in [0.2, 0.25) is 0 Å². The third-order valence-corrected chi connectivity index (χ3v) is 2.45. The maximum absolute atomic E-state index is 13.5. The van der Waals surface area contributed by atoms with Crippen LogP contribution in [0.15, 0.2) is 18.2 Å². The van der Waals surface area contributed by atoms with Crippen molar-refractivity contribution in [2.24, 2.45) is 5.73 Å². The van der Waals surface area contributed by atoms with Gasteiger partial charge < -0.3 is 10.5 Å². The molecule has 2 N–H and O–H groups in total. The van der Waals surface area contributed by atoms with Gasteiger partial charge in [0.15, 0.2) is 0 Å². The summed E-state index contributed by atoms with van der Waals surface area (Å²) < 4.78 is 18.7. The van der Waals surface area contributed by atoms with E-state index in [9.17, 15) is 4.39 Å². The van der Waals surface area contributed by atoms with Gasteiger partial charge in [0, 0.05) is 11.1 Å². The van der Waals surface area contributed by atoms with Gasteiger partial charge in [-0.3, -0.25) is 0 Å². The average Bonchev–Trinajstić information content (AvgIpc) is 2.15. The molecule has 0 saturated heterocycles. The molecule has 0 saturated carbocycles. The van der Waals surface area contributed by atoms with Crippen molar-refractivity contribution in [1.82, 2.24) is 0 Å². The zero-order valence-corrected chi connectivity index (χ0v) is 10.4. The van der Waals surface area contributed by atoms with Crippen molar-refractivity contribution in [2.45, 2.75) is 38.9 Å². The largest absolute Gasteiger partial charge is 0.496 e. The SMILES string of the molecule is COc1cccc(C(C)F)c1CC(C)(C)N. The van der Waals surface area contributed by atoms with Crippen molar-refractivity contribution in [2.75, 3.05) is 7.11 Å². The molecule has 0 aliphatic heterocycles. The smallest absolute Gasteiger partial charge is 0.123 e. The topological polar surface area (TPSA) is 35.2 Å². The van der Waals surface area contributed by atoms with Gasteiger partial charge in [-0.25, -0.2) is 4.39 Å². The zero-order valence-electron chi connectivity index (χ0n) is 10.4. The van der Waals surface area contributed by atoms with Gasteiger partial charge in [-0.1, -0.05) is 12.1 Å². The minimum atomic E-state index is -1.01. The second kappa shape index (κ2) is 4.83. The molecule has 0 bridgehead atoms. The molecule has 1 aromatic carbocycles. The molecule has 1 atom stereocenters. The van der Waals surface area contributed by atoms with Crippen LogP contribution in [0.3, 0.4) is 0 Å². The highest BCUT2D eigenvalue weighted by Gasteiger charge is 2.20. The van der Waals surface area contributed by atoms with E-state index < -0.39 is 6.17 Å². The average molecular weight is 225 g/mol. The lowest BCUT2D eigenvalue weighted by Crippen LogP contribution is -2.35. The molecule has 0 amide bonds. The molecule has 0 aromatic heterocycles. The maximum atomic E-state index is 13.5. The number of alkyl halides is 1. The van der Waals surface area contributed by atoms with E-state index in [0.717, 1.165) is 5.56 Å². The molecule has 1 aromatic rings. The highest BCUT2D eigenvalue weighted by atomic mass is 19.1. The highest BCUT2D eigenvalue weighted by Crippen LogP contribution is 2.31. The number of rotatable bonds is 4. The Balaban J connectivity index is 3.20. The molecule has 16 heavy (non-hydrogen) atoms. The molecule has 0 aliphatic rings. The van der Waals surface area contributed by atoms with Crippen molar-refractivity contribution >= 4 is 0 Å². The first kappa shape index (κ1) is 13.0. The summed E-state index contributed by atoms with van der Waals surface area (Å²) in [4.78, 5) is 0. The van der Waals surface area contributed by atoms with Crippen LogP contribution in [0, 0.1) is 0 Å². The van der Waals surface area contributed by atoms with Crippen LogP contribution in [0.4, 0.5) is 4.39 Å². The molecule has 0 fully saturated rings. The van der Waals surface area contributed by atoms with E-state index in [1.54, 1.807) is 19.2 Å². The summed E-state index contributed by atoms with van der Waals surface area (Å²) >= 11 is 0. The predicted molar refractivity (Wildman–Crippen MR) is 64.5 cm³/mol. The molecule has 3 heteroatoms. The van der Waals surface area contributed by atoms with Gasteiger partial charge in [-0.15, -0.1) is 0 Å². The van der Waals surface area contributed by atoms with Gasteiger partial charge in [-0.2, -0.15) is 0 Å². The fourth-order valence-electron chi connectivity index (χ4n) is 1.79. The minimum Gasteiger partial charge on any atom is -0.496 e. The Labute approximate surface area is 96.6 Å². The Bertz CT molecular complexity index is 355. The summed E-state index contributed by atoms with van der Waals surface area (Å²) in [6.45, 7) is 5.38. The third kappa shape index (κ3) is 3.20.